The van der Waals surface area contributed by atoms with Gasteiger partial charge in [0.15, 0.2) is 0 Å². The summed E-state index contributed by atoms with van der Waals surface area (Å²) in [5, 5.41) is 3.23. The Morgan fingerprint density at radius 2 is 2.00 bits per heavy atom. The van der Waals surface area contributed by atoms with E-state index in [1.165, 1.54) is 12.8 Å². The molecule has 0 aromatic rings. The van der Waals surface area contributed by atoms with Crippen LogP contribution in [0.2, 0.25) is 0 Å². The molecule has 2 heteroatoms. The van der Waals surface area contributed by atoms with E-state index in [0.717, 1.165) is 25.0 Å². The predicted molar refractivity (Wildman–Crippen MR) is 51.2 cm³/mol. The molecule has 72 valence electrons. The van der Waals surface area contributed by atoms with Crippen LogP contribution in [0.4, 0.5) is 0 Å². The lowest BCUT2D eigenvalue weighted by atomic mass is 9.74. The van der Waals surface area contributed by atoms with Crippen molar-refractivity contribution in [2.45, 2.75) is 32.8 Å². The molecule has 2 unspecified atom stereocenters. The van der Waals surface area contributed by atoms with Crippen LogP contribution in [-0.2, 0) is 4.74 Å². The molecule has 0 aromatic carbocycles. The van der Waals surface area contributed by atoms with Crippen LogP contribution in [0.25, 0.3) is 0 Å². The van der Waals surface area contributed by atoms with Crippen LogP contribution in [0, 0.1) is 11.8 Å². The molecule has 1 saturated carbocycles. The molecule has 0 spiro atoms. The Balaban J connectivity index is 2.08. The van der Waals surface area contributed by atoms with Gasteiger partial charge in [-0.05, 0) is 52.1 Å². The summed E-state index contributed by atoms with van der Waals surface area (Å²) in [6.07, 6.45) is 3.13. The molecule has 0 saturated heterocycles. The third kappa shape index (κ3) is 2.76. The van der Waals surface area contributed by atoms with Gasteiger partial charge in [-0.25, -0.2) is 0 Å². The first-order valence-electron chi connectivity index (χ1n) is 5.00. The van der Waals surface area contributed by atoms with E-state index in [0.29, 0.717) is 6.10 Å². The van der Waals surface area contributed by atoms with E-state index in [9.17, 15) is 0 Å². The standard InChI is InChI=1S/C10H21NO/c1-8(2)12-7-10-5-4-9(10)6-11-3/h8-11H,4-7H2,1-3H3. The molecular formula is C10H21NO. The molecule has 0 bridgehead atoms. The second-order valence-electron chi connectivity index (χ2n) is 4.04. The van der Waals surface area contributed by atoms with Crippen LogP contribution in [0.15, 0.2) is 0 Å². The second-order valence-corrected chi connectivity index (χ2v) is 4.04. The highest BCUT2D eigenvalue weighted by molar-refractivity contribution is 4.81. The molecule has 0 radical (unpaired) electrons. The van der Waals surface area contributed by atoms with E-state index in [-0.39, 0.29) is 0 Å². The normalized spacial score (nSPS) is 29.0. The molecule has 1 fully saturated rings. The van der Waals surface area contributed by atoms with Crippen molar-refractivity contribution in [2.24, 2.45) is 11.8 Å². The highest BCUT2D eigenvalue weighted by atomic mass is 16.5. The van der Waals surface area contributed by atoms with Gasteiger partial charge in [0.1, 0.15) is 0 Å². The summed E-state index contributed by atoms with van der Waals surface area (Å²) in [4.78, 5) is 0. The van der Waals surface area contributed by atoms with E-state index in [1.807, 2.05) is 7.05 Å². The Bertz CT molecular complexity index is 125. The Morgan fingerprint density at radius 1 is 1.33 bits per heavy atom. The number of ether oxygens (including phenoxy) is 1. The molecule has 0 heterocycles. The minimum absolute atomic E-state index is 0.390. The van der Waals surface area contributed by atoms with Crippen molar-refractivity contribution < 1.29 is 4.74 Å². The van der Waals surface area contributed by atoms with Gasteiger partial charge in [-0.3, -0.25) is 0 Å². The lowest BCUT2D eigenvalue weighted by molar-refractivity contribution is 0.00186. The van der Waals surface area contributed by atoms with Crippen molar-refractivity contribution >= 4 is 0 Å². The Morgan fingerprint density at radius 3 is 2.42 bits per heavy atom. The van der Waals surface area contributed by atoms with Gasteiger partial charge in [-0.2, -0.15) is 0 Å². The second kappa shape index (κ2) is 4.83. The van der Waals surface area contributed by atoms with E-state index >= 15 is 0 Å². The van der Waals surface area contributed by atoms with Crippen molar-refractivity contribution in [3.8, 4) is 0 Å². The third-order valence-electron chi connectivity index (χ3n) is 2.68. The SMILES string of the molecule is CNCC1CCC1COC(C)C. The number of hydrogen-bond donors (Lipinski definition) is 1. The van der Waals surface area contributed by atoms with Crippen LogP contribution in [0.3, 0.4) is 0 Å². The fraction of sp³-hybridized carbons (Fsp3) is 1.00. The highest BCUT2D eigenvalue weighted by Crippen LogP contribution is 2.33. The van der Waals surface area contributed by atoms with Crippen molar-refractivity contribution in [3.63, 3.8) is 0 Å². The van der Waals surface area contributed by atoms with Gasteiger partial charge in [-0.1, -0.05) is 0 Å². The van der Waals surface area contributed by atoms with Gasteiger partial charge in [0, 0.05) is 0 Å². The first-order chi connectivity index (χ1) is 5.74. The summed E-state index contributed by atoms with van der Waals surface area (Å²) >= 11 is 0. The van der Waals surface area contributed by atoms with Crippen LogP contribution in [0.1, 0.15) is 26.7 Å². The summed E-state index contributed by atoms with van der Waals surface area (Å²) in [6.45, 7) is 6.33. The smallest absolute Gasteiger partial charge is 0.0519 e. The predicted octanol–water partition coefficient (Wildman–Crippen LogP) is 1.66. The maximum Gasteiger partial charge on any atom is 0.0519 e. The van der Waals surface area contributed by atoms with E-state index in [1.54, 1.807) is 0 Å². The fourth-order valence-electron chi connectivity index (χ4n) is 1.70. The minimum Gasteiger partial charge on any atom is -0.378 e. The first-order valence-corrected chi connectivity index (χ1v) is 5.00. The van der Waals surface area contributed by atoms with E-state index < -0.39 is 0 Å². The van der Waals surface area contributed by atoms with Crippen molar-refractivity contribution in [3.05, 3.63) is 0 Å². The zero-order valence-electron chi connectivity index (χ0n) is 8.47. The topological polar surface area (TPSA) is 21.3 Å². The zero-order valence-corrected chi connectivity index (χ0v) is 8.47. The number of rotatable bonds is 5. The average Bonchev–Trinajstić information content (AvgIpc) is 1.98. The summed E-state index contributed by atoms with van der Waals surface area (Å²) in [5.41, 5.74) is 0. The Labute approximate surface area is 75.7 Å². The van der Waals surface area contributed by atoms with Crippen LogP contribution in [0.5, 0.6) is 0 Å². The van der Waals surface area contributed by atoms with Gasteiger partial charge >= 0.3 is 0 Å². The lowest BCUT2D eigenvalue weighted by Crippen LogP contribution is -2.37. The summed E-state index contributed by atoms with van der Waals surface area (Å²) in [7, 11) is 2.03. The molecule has 1 aliphatic rings. The number of hydrogen-bond acceptors (Lipinski definition) is 2. The molecule has 0 amide bonds. The maximum atomic E-state index is 5.59. The van der Waals surface area contributed by atoms with Crippen LogP contribution in [-0.4, -0.2) is 26.3 Å². The molecule has 1 N–H and O–H groups in total. The molecular weight excluding hydrogens is 150 g/mol. The van der Waals surface area contributed by atoms with Gasteiger partial charge in [0.05, 0.1) is 12.7 Å². The molecule has 1 rings (SSSR count). The molecule has 12 heavy (non-hydrogen) atoms. The molecule has 1 aliphatic carbocycles. The van der Waals surface area contributed by atoms with Gasteiger partial charge in [0.2, 0.25) is 0 Å². The van der Waals surface area contributed by atoms with Gasteiger partial charge < -0.3 is 10.1 Å². The van der Waals surface area contributed by atoms with E-state index in [2.05, 4.69) is 19.2 Å². The largest absolute Gasteiger partial charge is 0.378 e. The fourth-order valence-corrected chi connectivity index (χ4v) is 1.70. The van der Waals surface area contributed by atoms with Crippen molar-refractivity contribution in [1.82, 2.24) is 5.32 Å². The lowest BCUT2D eigenvalue weighted by Gasteiger charge is -2.36. The summed E-state index contributed by atoms with van der Waals surface area (Å²) < 4.78 is 5.59. The minimum atomic E-state index is 0.390. The monoisotopic (exact) mass is 171 g/mol. The molecule has 0 aliphatic heterocycles. The summed E-state index contributed by atoms with van der Waals surface area (Å²) in [5.74, 6) is 1.69. The number of nitrogens with one attached hydrogen (secondary N) is 1. The zero-order chi connectivity index (χ0) is 8.97. The maximum absolute atomic E-state index is 5.59. The van der Waals surface area contributed by atoms with Crippen molar-refractivity contribution in [1.29, 1.82) is 0 Å². The Hall–Kier alpha value is -0.0800. The van der Waals surface area contributed by atoms with Gasteiger partial charge in [0.25, 0.3) is 0 Å². The first kappa shape index (κ1) is 10.0. The Kier molecular flexibility index (Phi) is 4.02. The van der Waals surface area contributed by atoms with Crippen LogP contribution < -0.4 is 5.32 Å². The molecule has 0 aromatic heterocycles. The van der Waals surface area contributed by atoms with E-state index in [4.69, 9.17) is 4.74 Å². The quantitative estimate of drug-likeness (QED) is 0.679. The summed E-state index contributed by atoms with van der Waals surface area (Å²) in [6, 6.07) is 0. The molecule has 2 atom stereocenters. The van der Waals surface area contributed by atoms with Crippen molar-refractivity contribution in [2.75, 3.05) is 20.2 Å². The average molecular weight is 171 g/mol. The molecule has 2 nitrogen and oxygen atoms in total. The van der Waals surface area contributed by atoms with Crippen LogP contribution >= 0.6 is 0 Å². The third-order valence-corrected chi connectivity index (χ3v) is 2.68. The van der Waals surface area contributed by atoms with Gasteiger partial charge in [-0.15, -0.1) is 0 Å². The highest BCUT2D eigenvalue weighted by Gasteiger charge is 2.30.